The first-order valence-electron chi connectivity index (χ1n) is 6.85. The van der Waals surface area contributed by atoms with Crippen LogP contribution in [-0.2, 0) is 10.8 Å². The summed E-state index contributed by atoms with van der Waals surface area (Å²) in [5, 5.41) is 0. The minimum atomic E-state index is 0.0877. The molecular weight excluding hydrogens is 227 g/mol. The molecule has 2 aromatic carbocycles. The van der Waals surface area contributed by atoms with E-state index in [1.807, 2.05) is 6.07 Å². The predicted octanol–water partition coefficient (Wildman–Crippen LogP) is 3.72. The van der Waals surface area contributed by atoms with E-state index in [2.05, 4.69) is 64.1 Å². The Morgan fingerprint density at radius 3 is 2.00 bits per heavy atom. The Hall–Kier alpha value is -1.50. The summed E-state index contributed by atoms with van der Waals surface area (Å²) >= 11 is 0. The van der Waals surface area contributed by atoms with Crippen LogP contribution < -0.4 is 5.46 Å². The van der Waals surface area contributed by atoms with Crippen LogP contribution in [0.3, 0.4) is 0 Å². The summed E-state index contributed by atoms with van der Waals surface area (Å²) in [6, 6.07) is 15.0. The van der Waals surface area contributed by atoms with Crippen LogP contribution in [-0.4, -0.2) is 7.85 Å². The van der Waals surface area contributed by atoms with Crippen molar-refractivity contribution in [2.45, 2.75) is 38.5 Å². The van der Waals surface area contributed by atoms with E-state index in [9.17, 15) is 0 Å². The third kappa shape index (κ3) is 1.54. The molecule has 1 aliphatic carbocycles. The van der Waals surface area contributed by atoms with E-state index >= 15 is 0 Å². The monoisotopic (exact) mass is 246 g/mol. The van der Waals surface area contributed by atoms with Gasteiger partial charge in [-0.2, -0.15) is 0 Å². The Kier molecular flexibility index (Phi) is 2.48. The summed E-state index contributed by atoms with van der Waals surface area (Å²) < 4.78 is 0. The Bertz CT molecular complexity index is 650. The van der Waals surface area contributed by atoms with Crippen molar-refractivity contribution in [1.82, 2.24) is 0 Å². The van der Waals surface area contributed by atoms with E-state index in [1.165, 1.54) is 22.3 Å². The van der Waals surface area contributed by atoms with Gasteiger partial charge >= 0.3 is 0 Å². The van der Waals surface area contributed by atoms with Crippen molar-refractivity contribution in [3.63, 3.8) is 0 Å². The van der Waals surface area contributed by atoms with Crippen LogP contribution in [0.1, 0.15) is 38.8 Å². The average molecular weight is 246 g/mol. The molecule has 0 aromatic heterocycles. The number of fused-ring (bicyclic) bond motifs is 3. The fourth-order valence-corrected chi connectivity index (χ4v) is 3.27. The van der Waals surface area contributed by atoms with Gasteiger partial charge in [0.05, 0.1) is 0 Å². The van der Waals surface area contributed by atoms with E-state index in [0.717, 1.165) is 5.46 Å². The summed E-state index contributed by atoms with van der Waals surface area (Å²) in [7, 11) is 6.00. The summed E-state index contributed by atoms with van der Waals surface area (Å²) in [6.07, 6.45) is 0. The molecule has 0 N–H and O–H groups in total. The van der Waals surface area contributed by atoms with Gasteiger partial charge in [-0.3, -0.25) is 0 Å². The summed E-state index contributed by atoms with van der Waals surface area (Å²) in [4.78, 5) is 0. The molecule has 0 fully saturated rings. The lowest BCUT2D eigenvalue weighted by Crippen LogP contribution is -2.43. The van der Waals surface area contributed by atoms with Crippen molar-refractivity contribution in [1.29, 1.82) is 0 Å². The van der Waals surface area contributed by atoms with Gasteiger partial charge in [-0.15, -0.1) is 0 Å². The molecule has 3 rings (SSSR count). The second kappa shape index (κ2) is 3.76. The summed E-state index contributed by atoms with van der Waals surface area (Å²) in [5.74, 6) is 0. The van der Waals surface area contributed by atoms with Gasteiger partial charge in [0.1, 0.15) is 7.85 Å². The highest BCUT2D eigenvalue weighted by atomic mass is 14.5. The second-order valence-corrected chi connectivity index (χ2v) is 6.60. The van der Waals surface area contributed by atoms with E-state index in [4.69, 9.17) is 7.85 Å². The fourth-order valence-electron chi connectivity index (χ4n) is 3.27. The van der Waals surface area contributed by atoms with Gasteiger partial charge in [-0.1, -0.05) is 75.6 Å². The third-order valence-corrected chi connectivity index (χ3v) is 5.17. The van der Waals surface area contributed by atoms with Crippen LogP contribution in [0.25, 0.3) is 11.1 Å². The second-order valence-electron chi connectivity index (χ2n) is 6.60. The lowest BCUT2D eigenvalue weighted by Gasteiger charge is -2.48. The normalized spacial score (nSPS) is 18.5. The van der Waals surface area contributed by atoms with Crippen LogP contribution >= 0.6 is 0 Å². The van der Waals surface area contributed by atoms with Gasteiger partial charge in [0.2, 0.25) is 0 Å². The first-order valence-corrected chi connectivity index (χ1v) is 6.85. The van der Waals surface area contributed by atoms with E-state index in [1.54, 1.807) is 0 Å². The van der Waals surface area contributed by atoms with Crippen molar-refractivity contribution in [3.8, 4) is 11.1 Å². The molecule has 0 aliphatic heterocycles. The van der Waals surface area contributed by atoms with Crippen molar-refractivity contribution >= 4 is 13.3 Å². The number of rotatable bonds is 0. The molecule has 0 nitrogen and oxygen atoms in total. The molecule has 19 heavy (non-hydrogen) atoms. The molecule has 1 aliphatic rings. The van der Waals surface area contributed by atoms with Gasteiger partial charge in [0.25, 0.3) is 0 Å². The highest BCUT2D eigenvalue weighted by Crippen LogP contribution is 2.53. The van der Waals surface area contributed by atoms with Gasteiger partial charge in [0.15, 0.2) is 0 Å². The van der Waals surface area contributed by atoms with Crippen LogP contribution in [0.2, 0.25) is 0 Å². The maximum atomic E-state index is 6.00. The van der Waals surface area contributed by atoms with Crippen molar-refractivity contribution in [2.24, 2.45) is 0 Å². The Morgan fingerprint density at radius 2 is 1.32 bits per heavy atom. The molecule has 2 aromatic rings. The fraction of sp³-hybridized carbons (Fsp3) is 0.333. The number of hydrogen-bond donors (Lipinski definition) is 0. The molecule has 1 heteroatoms. The minimum Gasteiger partial charge on any atom is -0.0960 e. The average Bonchev–Trinajstić information content (AvgIpc) is 2.37. The smallest absolute Gasteiger partial charge is 0.0960 e. The molecule has 0 bridgehead atoms. The molecule has 0 amide bonds. The third-order valence-electron chi connectivity index (χ3n) is 5.17. The van der Waals surface area contributed by atoms with Crippen molar-refractivity contribution in [3.05, 3.63) is 53.6 Å². The maximum absolute atomic E-state index is 6.00. The van der Waals surface area contributed by atoms with Crippen LogP contribution in [0.4, 0.5) is 0 Å². The predicted molar refractivity (Wildman–Crippen MR) is 83.3 cm³/mol. The van der Waals surface area contributed by atoms with Crippen LogP contribution in [0.5, 0.6) is 0 Å². The highest BCUT2D eigenvalue weighted by Gasteiger charge is 2.45. The van der Waals surface area contributed by atoms with Gasteiger partial charge < -0.3 is 0 Å². The topological polar surface area (TPSA) is 0 Å². The standard InChI is InChI=1S/C18H19B/c1-17(2)15-8-6-5-7-13(15)14-11-12(19)9-10-16(14)18(17,3)4/h5-11H,1-4H3. The number of benzene rings is 2. The zero-order valence-electron chi connectivity index (χ0n) is 12.1. The zero-order chi connectivity index (χ0) is 13.8. The van der Waals surface area contributed by atoms with Gasteiger partial charge in [0, 0.05) is 0 Å². The summed E-state index contributed by atoms with van der Waals surface area (Å²) in [5.41, 5.74) is 6.46. The van der Waals surface area contributed by atoms with Crippen LogP contribution in [0.15, 0.2) is 42.5 Å². The van der Waals surface area contributed by atoms with Gasteiger partial charge in [-0.05, 0) is 33.1 Å². The maximum Gasteiger partial charge on any atom is 0.113 e. The lowest BCUT2D eigenvalue weighted by molar-refractivity contribution is 0.299. The Balaban J connectivity index is 2.43. The van der Waals surface area contributed by atoms with Crippen LogP contribution in [0, 0.1) is 0 Å². The summed E-state index contributed by atoms with van der Waals surface area (Å²) in [6.45, 7) is 9.34. The Labute approximate surface area is 117 Å². The van der Waals surface area contributed by atoms with E-state index in [-0.39, 0.29) is 10.8 Å². The van der Waals surface area contributed by atoms with E-state index in [0.29, 0.717) is 0 Å². The molecule has 0 unspecified atom stereocenters. The largest absolute Gasteiger partial charge is 0.113 e. The first kappa shape index (κ1) is 12.5. The first-order chi connectivity index (χ1) is 8.85. The SMILES string of the molecule is [B]c1ccc2c(c1)-c1ccccc1C(C)(C)C2(C)C. The van der Waals surface area contributed by atoms with Crippen molar-refractivity contribution < 1.29 is 0 Å². The van der Waals surface area contributed by atoms with Crippen molar-refractivity contribution in [2.75, 3.05) is 0 Å². The Morgan fingerprint density at radius 1 is 0.737 bits per heavy atom. The molecule has 0 atom stereocenters. The molecular formula is C18H19B. The lowest BCUT2D eigenvalue weighted by atomic mass is 9.55. The quantitative estimate of drug-likeness (QED) is 0.621. The molecule has 0 saturated carbocycles. The number of hydrogen-bond acceptors (Lipinski definition) is 0. The zero-order valence-corrected chi connectivity index (χ0v) is 12.1. The molecule has 0 spiro atoms. The minimum absolute atomic E-state index is 0.0877. The molecule has 0 heterocycles. The molecule has 2 radical (unpaired) electrons. The van der Waals surface area contributed by atoms with E-state index < -0.39 is 0 Å². The highest BCUT2D eigenvalue weighted by molar-refractivity contribution is 6.32. The molecule has 0 saturated heterocycles. The molecule has 94 valence electrons. The van der Waals surface area contributed by atoms with Gasteiger partial charge in [-0.25, -0.2) is 0 Å².